The second-order valence-electron chi connectivity index (χ2n) is 13.6. The van der Waals surface area contributed by atoms with Crippen LogP contribution in [0.25, 0.3) is 0 Å². The molecule has 0 amide bonds. The number of halogens is 5. The minimum atomic E-state index is -4.35. The zero-order chi connectivity index (χ0) is 34.1. The molecule has 7 rings (SSSR count). The molecule has 0 spiro atoms. The number of hydrogen-bond donors (Lipinski definition) is 1. The first kappa shape index (κ1) is 40.5. The molecule has 13 heteroatoms. The van der Waals surface area contributed by atoms with Gasteiger partial charge in [-0.25, -0.2) is 4.79 Å². The Kier molecular flexibility index (Phi) is 13.8. The lowest BCUT2D eigenvalue weighted by Crippen LogP contribution is -2.47. The van der Waals surface area contributed by atoms with Crippen molar-refractivity contribution in [3.8, 4) is 0 Å². The number of para-hydroxylation sites is 1. The maximum atomic E-state index is 13.3. The normalized spacial score (nSPS) is 26.3. The number of aliphatic hydroxyl groups excluding tert-OH is 1. The number of carbonyl (C=O) groups excluding carboxylic acids is 1. The van der Waals surface area contributed by atoms with E-state index < -0.39 is 11.7 Å². The highest BCUT2D eigenvalue weighted by molar-refractivity contribution is 7.99. The Morgan fingerprint density at radius 1 is 1.00 bits per heavy atom. The van der Waals surface area contributed by atoms with Gasteiger partial charge in [-0.15, -0.1) is 24.8 Å². The number of allylic oxidation sites excluding steroid dienone is 2. The summed E-state index contributed by atoms with van der Waals surface area (Å²) in [5, 5.41) is 9.07. The summed E-state index contributed by atoms with van der Waals surface area (Å²) < 4.78 is 51.2. The molecule has 1 aliphatic carbocycles. The highest BCUT2D eigenvalue weighted by atomic mass is 35.5. The summed E-state index contributed by atoms with van der Waals surface area (Å²) in [5.74, 6) is -0.102. The van der Waals surface area contributed by atoms with Gasteiger partial charge in [0.1, 0.15) is 12.2 Å². The van der Waals surface area contributed by atoms with Gasteiger partial charge >= 0.3 is 12.1 Å². The van der Waals surface area contributed by atoms with Crippen molar-refractivity contribution in [2.45, 2.75) is 79.7 Å². The van der Waals surface area contributed by atoms with Crippen molar-refractivity contribution in [1.82, 2.24) is 9.80 Å². The van der Waals surface area contributed by atoms with E-state index in [1.165, 1.54) is 29.5 Å². The number of benzene rings is 2. The first-order valence-electron chi connectivity index (χ1n) is 17.0. The molecule has 4 atom stereocenters. The third-order valence-electron chi connectivity index (χ3n) is 10.3. The zero-order valence-electron chi connectivity index (χ0n) is 28.6. The summed E-state index contributed by atoms with van der Waals surface area (Å²) in [6.45, 7) is 14.5. The maximum absolute atomic E-state index is 13.3. The Bertz CT molecular complexity index is 1540. The molecule has 4 aliphatic heterocycles. The van der Waals surface area contributed by atoms with Crippen molar-refractivity contribution in [3.63, 3.8) is 0 Å². The summed E-state index contributed by atoms with van der Waals surface area (Å²) in [6, 6.07) is 11.9. The monoisotopic (exact) mass is 757 g/mol. The van der Waals surface area contributed by atoms with E-state index in [-0.39, 0.29) is 61.1 Å². The Labute approximate surface area is 310 Å². The highest BCUT2D eigenvalue weighted by Crippen LogP contribution is 2.51. The van der Waals surface area contributed by atoms with Crippen LogP contribution in [-0.4, -0.2) is 91.1 Å². The summed E-state index contributed by atoms with van der Waals surface area (Å²) >= 11 is 1.53. The molecule has 4 unspecified atom stereocenters. The Morgan fingerprint density at radius 2 is 1.68 bits per heavy atom. The topological polar surface area (TPSA) is 68.8 Å². The van der Waals surface area contributed by atoms with Crippen LogP contribution in [0.4, 0.5) is 24.5 Å². The number of fused-ring (bicyclic) bond motifs is 5. The standard InChI is InChI=1S/C22H26F3N3OS.C15H20O3.2ClH/c23-22(24,25)17-6-7-21-19(16-17)28(18-4-1-2-5-20(18)30-21)9-3-8-26-10-12-27(13-11-26)14-15-29;1-9-5-4-8-15(3)13(18-15)12-11(7-6-9)10(2)14(16)17-12;;/h1-2,4-7,16,29H,3,8-15H2;5,11-13H,2,4,6-8H2,1,3H3;2*1H. The quantitative estimate of drug-likeness (QED) is 0.138. The number of piperazine rings is 1. The summed E-state index contributed by atoms with van der Waals surface area (Å²) in [4.78, 5) is 20.3. The summed E-state index contributed by atoms with van der Waals surface area (Å²) in [5.41, 5.74) is 2.92. The SMILES string of the molecule is C=C1C(=O)OC2C1CCC(C)=CCCC1(C)OC21.Cl.Cl.OCCN1CCN(CCCN2c3ccccc3Sc3ccc(C(F)(F)F)cc32)CC1. The van der Waals surface area contributed by atoms with Gasteiger partial charge in [-0.2, -0.15) is 13.2 Å². The van der Waals surface area contributed by atoms with Gasteiger partial charge in [0.05, 0.1) is 29.1 Å². The number of β-amino-alcohol motifs (C(OH)–C–C–N with tert-alkyl or cyclic N) is 1. The number of esters is 1. The van der Waals surface area contributed by atoms with Gasteiger partial charge in [-0.1, -0.05) is 42.1 Å². The fourth-order valence-corrected chi connectivity index (χ4v) is 8.36. The van der Waals surface area contributed by atoms with Crippen molar-refractivity contribution in [3.05, 3.63) is 71.8 Å². The van der Waals surface area contributed by atoms with E-state index in [9.17, 15) is 18.0 Å². The molecule has 0 bridgehead atoms. The minimum absolute atomic E-state index is 0. The van der Waals surface area contributed by atoms with Crippen LogP contribution < -0.4 is 4.90 Å². The lowest BCUT2D eigenvalue weighted by Gasteiger charge is -2.36. The van der Waals surface area contributed by atoms with Crippen molar-refractivity contribution < 1.29 is 32.5 Å². The molecular formula is C37H48Cl2F3N3O4S. The Morgan fingerprint density at radius 3 is 2.38 bits per heavy atom. The van der Waals surface area contributed by atoms with Crippen LogP contribution >= 0.6 is 36.6 Å². The van der Waals surface area contributed by atoms with Crippen molar-refractivity contribution in [1.29, 1.82) is 0 Å². The highest BCUT2D eigenvalue weighted by Gasteiger charge is 2.61. The number of alkyl halides is 3. The Balaban J connectivity index is 0.000000241. The molecule has 5 aliphatic rings. The fraction of sp³-hybridized carbons (Fsp3) is 0.541. The van der Waals surface area contributed by atoms with Gasteiger partial charge in [-0.05, 0) is 82.8 Å². The number of rotatable bonds is 6. The second kappa shape index (κ2) is 17.1. The van der Waals surface area contributed by atoms with E-state index in [0.29, 0.717) is 24.4 Å². The van der Waals surface area contributed by atoms with E-state index >= 15 is 0 Å². The molecule has 2 aromatic carbocycles. The van der Waals surface area contributed by atoms with Crippen LogP contribution in [0.2, 0.25) is 0 Å². The number of epoxide rings is 1. The molecule has 0 aromatic heterocycles. The lowest BCUT2D eigenvalue weighted by molar-refractivity contribution is -0.140. The molecule has 50 heavy (non-hydrogen) atoms. The van der Waals surface area contributed by atoms with Crippen LogP contribution in [0.1, 0.15) is 51.5 Å². The molecule has 1 N–H and O–H groups in total. The van der Waals surface area contributed by atoms with Crippen molar-refractivity contribution in [2.75, 3.05) is 57.3 Å². The van der Waals surface area contributed by atoms with Crippen molar-refractivity contribution >= 4 is 53.9 Å². The van der Waals surface area contributed by atoms with Gasteiger partial charge in [0.2, 0.25) is 0 Å². The molecule has 0 saturated carbocycles. The second-order valence-corrected chi connectivity index (χ2v) is 14.7. The first-order valence-corrected chi connectivity index (χ1v) is 17.8. The van der Waals surface area contributed by atoms with Gasteiger partial charge in [0, 0.05) is 60.6 Å². The van der Waals surface area contributed by atoms with E-state index in [2.05, 4.69) is 36.3 Å². The number of nitrogens with zero attached hydrogens (tertiary/aromatic N) is 3. The predicted molar refractivity (Wildman–Crippen MR) is 196 cm³/mol. The number of carbonyl (C=O) groups is 1. The van der Waals surface area contributed by atoms with E-state index in [0.717, 1.165) is 80.3 Å². The average molecular weight is 759 g/mol. The van der Waals surface area contributed by atoms with Gasteiger partial charge in [0.15, 0.2) is 0 Å². The van der Waals surface area contributed by atoms with Crippen LogP contribution in [0.3, 0.4) is 0 Å². The van der Waals surface area contributed by atoms with E-state index in [1.807, 2.05) is 29.2 Å². The molecule has 0 radical (unpaired) electrons. The van der Waals surface area contributed by atoms with E-state index in [1.54, 1.807) is 6.07 Å². The molecule has 4 heterocycles. The maximum Gasteiger partial charge on any atom is 0.416 e. The molecule has 3 saturated heterocycles. The van der Waals surface area contributed by atoms with Gasteiger partial charge in [-0.3, -0.25) is 4.90 Å². The zero-order valence-corrected chi connectivity index (χ0v) is 31.1. The minimum Gasteiger partial charge on any atom is -0.455 e. The molecule has 7 nitrogen and oxygen atoms in total. The van der Waals surface area contributed by atoms with Crippen LogP contribution in [0.5, 0.6) is 0 Å². The van der Waals surface area contributed by atoms with Crippen LogP contribution in [0, 0.1) is 5.92 Å². The predicted octanol–water partition coefficient (Wildman–Crippen LogP) is 7.91. The largest absolute Gasteiger partial charge is 0.455 e. The van der Waals surface area contributed by atoms with Crippen LogP contribution in [0.15, 0.2) is 76.1 Å². The average Bonchev–Trinajstić information content (AvgIpc) is 3.65. The molecule has 2 aromatic rings. The van der Waals surface area contributed by atoms with Gasteiger partial charge in [0.25, 0.3) is 0 Å². The lowest BCUT2D eigenvalue weighted by atomic mass is 9.84. The third kappa shape index (κ3) is 9.21. The molecule has 3 fully saturated rings. The smallest absolute Gasteiger partial charge is 0.416 e. The number of hydrogen-bond acceptors (Lipinski definition) is 8. The summed E-state index contributed by atoms with van der Waals surface area (Å²) in [7, 11) is 0. The van der Waals surface area contributed by atoms with Gasteiger partial charge < -0.3 is 24.4 Å². The van der Waals surface area contributed by atoms with Crippen LogP contribution in [-0.2, 0) is 20.4 Å². The first-order chi connectivity index (χ1) is 23.0. The molecule has 276 valence electrons. The third-order valence-corrected chi connectivity index (χ3v) is 11.4. The Hall–Kier alpha value is -2.25. The molecular weight excluding hydrogens is 710 g/mol. The number of anilines is 2. The van der Waals surface area contributed by atoms with Crippen molar-refractivity contribution in [2.24, 2.45) is 5.92 Å². The number of ether oxygens (including phenoxy) is 2. The van der Waals surface area contributed by atoms with E-state index in [4.69, 9.17) is 14.6 Å². The fourth-order valence-electron chi connectivity index (χ4n) is 7.28. The summed E-state index contributed by atoms with van der Waals surface area (Å²) in [6.07, 6.45) is 2.77. The number of aliphatic hydroxyl groups is 1.